The molecule has 0 aromatic carbocycles. The van der Waals surface area contributed by atoms with Gasteiger partial charge in [0.2, 0.25) is 5.95 Å². The molecule has 3 heterocycles. The number of hydrogen-bond donors (Lipinski definition) is 2. The standard InChI is InChI=1S/C22H30F2N8/c1-3-5-26-12-17(11-25)21-19(24)14-28-22(30-21)29-20-10-16(18(23)13-27-20)15-32-8-6-31(4-2)7-9-32/h10-14H,3-9,15,25H2,1-2H3,(H,27,28,29,30). The van der Waals surface area contributed by atoms with E-state index in [0.29, 0.717) is 30.0 Å². The Labute approximate surface area is 187 Å². The minimum atomic E-state index is -0.617. The summed E-state index contributed by atoms with van der Waals surface area (Å²) in [4.78, 5) is 21.0. The Kier molecular flexibility index (Phi) is 8.57. The Bertz CT molecular complexity index is 955. The highest BCUT2D eigenvalue weighted by Crippen LogP contribution is 2.20. The number of nitrogens with zero attached hydrogens (tertiary/aromatic N) is 6. The molecule has 10 heteroatoms. The Morgan fingerprint density at radius 1 is 1.12 bits per heavy atom. The molecule has 32 heavy (non-hydrogen) atoms. The normalized spacial score (nSPS) is 16.1. The van der Waals surface area contributed by atoms with Crippen molar-refractivity contribution in [2.45, 2.75) is 26.8 Å². The first-order valence-corrected chi connectivity index (χ1v) is 10.8. The predicted molar refractivity (Wildman–Crippen MR) is 123 cm³/mol. The third kappa shape index (κ3) is 6.27. The molecule has 0 amide bonds. The summed E-state index contributed by atoms with van der Waals surface area (Å²) in [6.07, 6.45) is 5.83. The topological polar surface area (TPSA) is 95.6 Å². The van der Waals surface area contributed by atoms with E-state index in [4.69, 9.17) is 5.73 Å². The van der Waals surface area contributed by atoms with Crippen LogP contribution in [0.15, 0.2) is 29.7 Å². The number of piperazine rings is 1. The quantitative estimate of drug-likeness (QED) is 0.574. The van der Waals surface area contributed by atoms with Crippen LogP contribution in [0.1, 0.15) is 31.5 Å². The summed E-state index contributed by atoms with van der Waals surface area (Å²) in [5, 5.41) is 2.93. The molecule has 2 aromatic heterocycles. The maximum atomic E-state index is 14.4. The SMILES string of the molecule is CCCN=CC(=CN)c1nc(Nc2cc(CN3CCN(CC)CC3)c(F)cn2)ncc1F. The molecule has 0 radical (unpaired) electrons. The molecular formula is C22H30F2N8. The lowest BCUT2D eigenvalue weighted by molar-refractivity contribution is 0.131. The van der Waals surface area contributed by atoms with Crippen LogP contribution in [0.4, 0.5) is 20.5 Å². The largest absolute Gasteiger partial charge is 0.404 e. The third-order valence-electron chi connectivity index (χ3n) is 5.26. The fourth-order valence-corrected chi connectivity index (χ4v) is 3.39. The molecule has 172 valence electrons. The first-order chi connectivity index (χ1) is 15.5. The molecule has 0 unspecified atom stereocenters. The summed E-state index contributed by atoms with van der Waals surface area (Å²) in [6, 6.07) is 1.64. The average Bonchev–Trinajstić information content (AvgIpc) is 2.81. The Morgan fingerprint density at radius 3 is 2.53 bits per heavy atom. The lowest BCUT2D eigenvalue weighted by atomic mass is 10.2. The Morgan fingerprint density at radius 2 is 1.84 bits per heavy atom. The summed E-state index contributed by atoms with van der Waals surface area (Å²) in [7, 11) is 0. The van der Waals surface area contributed by atoms with Gasteiger partial charge in [0, 0.05) is 62.8 Å². The van der Waals surface area contributed by atoms with E-state index in [9.17, 15) is 8.78 Å². The molecule has 3 rings (SSSR count). The molecule has 8 nitrogen and oxygen atoms in total. The van der Waals surface area contributed by atoms with Crippen molar-refractivity contribution in [2.24, 2.45) is 10.7 Å². The average molecular weight is 445 g/mol. The van der Waals surface area contributed by atoms with E-state index >= 15 is 0 Å². The molecule has 0 saturated carbocycles. The summed E-state index contributed by atoms with van der Waals surface area (Å²) in [5.41, 5.74) is 6.55. The van der Waals surface area contributed by atoms with Crippen LogP contribution < -0.4 is 11.1 Å². The van der Waals surface area contributed by atoms with E-state index in [1.807, 2.05) is 6.92 Å². The van der Waals surface area contributed by atoms with Crippen LogP contribution in [0.5, 0.6) is 0 Å². The second-order valence-corrected chi connectivity index (χ2v) is 7.54. The van der Waals surface area contributed by atoms with Gasteiger partial charge in [-0.25, -0.2) is 23.7 Å². The zero-order valence-corrected chi connectivity index (χ0v) is 18.6. The second-order valence-electron chi connectivity index (χ2n) is 7.54. The molecule has 0 bridgehead atoms. The van der Waals surface area contributed by atoms with Crippen LogP contribution in [0.2, 0.25) is 0 Å². The summed E-state index contributed by atoms with van der Waals surface area (Å²) in [5.74, 6) is -0.473. The number of hydrogen-bond acceptors (Lipinski definition) is 8. The van der Waals surface area contributed by atoms with E-state index in [-0.39, 0.29) is 17.5 Å². The van der Waals surface area contributed by atoms with Crippen LogP contribution in [0.3, 0.4) is 0 Å². The van der Waals surface area contributed by atoms with Crippen molar-refractivity contribution in [3.8, 4) is 0 Å². The van der Waals surface area contributed by atoms with Gasteiger partial charge in [0.25, 0.3) is 0 Å². The molecule has 0 atom stereocenters. The molecule has 2 aromatic rings. The molecule has 1 fully saturated rings. The monoisotopic (exact) mass is 444 g/mol. The number of likely N-dealkylation sites (N-methyl/N-ethyl adjacent to an activating group) is 1. The van der Waals surface area contributed by atoms with E-state index in [1.165, 1.54) is 18.6 Å². The first kappa shape index (κ1) is 23.7. The van der Waals surface area contributed by atoms with E-state index < -0.39 is 5.82 Å². The Balaban J connectivity index is 1.74. The van der Waals surface area contributed by atoms with Gasteiger partial charge in [0.05, 0.1) is 12.4 Å². The second kappa shape index (κ2) is 11.6. The number of pyridine rings is 1. The summed E-state index contributed by atoms with van der Waals surface area (Å²) >= 11 is 0. The molecule has 0 aliphatic carbocycles. The van der Waals surface area contributed by atoms with Gasteiger partial charge in [-0.05, 0) is 19.0 Å². The summed E-state index contributed by atoms with van der Waals surface area (Å²) < 4.78 is 28.7. The molecule has 3 N–H and O–H groups in total. The van der Waals surface area contributed by atoms with Gasteiger partial charge in [0.15, 0.2) is 5.82 Å². The van der Waals surface area contributed by atoms with Crippen molar-refractivity contribution < 1.29 is 8.78 Å². The van der Waals surface area contributed by atoms with Crippen LogP contribution >= 0.6 is 0 Å². The number of aromatic nitrogens is 3. The molecule has 1 aliphatic rings. The van der Waals surface area contributed by atoms with Gasteiger partial charge >= 0.3 is 0 Å². The van der Waals surface area contributed by atoms with Gasteiger partial charge < -0.3 is 16.0 Å². The minimum Gasteiger partial charge on any atom is -0.404 e. The fraction of sp³-hybridized carbons (Fsp3) is 0.455. The first-order valence-electron chi connectivity index (χ1n) is 10.8. The highest BCUT2D eigenvalue weighted by Gasteiger charge is 2.18. The van der Waals surface area contributed by atoms with Gasteiger partial charge in [-0.15, -0.1) is 0 Å². The lowest BCUT2D eigenvalue weighted by Crippen LogP contribution is -2.45. The van der Waals surface area contributed by atoms with Gasteiger partial charge in [-0.2, -0.15) is 0 Å². The number of nitrogens with two attached hydrogens (primary N) is 1. The fourth-order valence-electron chi connectivity index (χ4n) is 3.39. The van der Waals surface area contributed by atoms with E-state index in [1.54, 1.807) is 6.07 Å². The van der Waals surface area contributed by atoms with Crippen LogP contribution in [-0.2, 0) is 6.54 Å². The molecule has 0 spiro atoms. The molecule has 1 aliphatic heterocycles. The zero-order valence-electron chi connectivity index (χ0n) is 18.6. The highest BCUT2D eigenvalue weighted by molar-refractivity contribution is 6.08. The van der Waals surface area contributed by atoms with Gasteiger partial charge in [0.1, 0.15) is 17.3 Å². The minimum absolute atomic E-state index is 0.0287. The number of halogens is 2. The van der Waals surface area contributed by atoms with Crippen LogP contribution in [0.25, 0.3) is 5.57 Å². The smallest absolute Gasteiger partial charge is 0.229 e. The third-order valence-corrected chi connectivity index (χ3v) is 5.26. The lowest BCUT2D eigenvalue weighted by Gasteiger charge is -2.34. The van der Waals surface area contributed by atoms with Crippen molar-refractivity contribution in [3.63, 3.8) is 0 Å². The van der Waals surface area contributed by atoms with Gasteiger partial charge in [-0.1, -0.05) is 13.8 Å². The van der Waals surface area contributed by atoms with Crippen molar-refractivity contribution in [3.05, 3.63) is 47.6 Å². The van der Waals surface area contributed by atoms with Crippen LogP contribution in [0, 0.1) is 11.6 Å². The van der Waals surface area contributed by atoms with Crippen molar-refractivity contribution in [2.75, 3.05) is 44.6 Å². The van der Waals surface area contributed by atoms with Crippen molar-refractivity contribution in [1.82, 2.24) is 24.8 Å². The number of nitrogens with one attached hydrogen (secondary N) is 1. The number of anilines is 2. The van der Waals surface area contributed by atoms with E-state index in [2.05, 4.69) is 42.0 Å². The summed E-state index contributed by atoms with van der Waals surface area (Å²) in [6.45, 7) is 9.96. The number of rotatable bonds is 9. The highest BCUT2D eigenvalue weighted by atomic mass is 19.1. The number of allylic oxidation sites excluding steroid dienone is 1. The molecule has 1 saturated heterocycles. The van der Waals surface area contributed by atoms with E-state index in [0.717, 1.165) is 45.3 Å². The predicted octanol–water partition coefficient (Wildman–Crippen LogP) is 2.81. The number of aliphatic imine (C=N–C) groups is 1. The Hall–Kier alpha value is -2.98. The van der Waals surface area contributed by atoms with Crippen molar-refractivity contribution in [1.29, 1.82) is 0 Å². The van der Waals surface area contributed by atoms with Crippen LogP contribution in [-0.4, -0.2) is 70.2 Å². The molecular weight excluding hydrogens is 414 g/mol. The zero-order chi connectivity index (χ0) is 22.9. The maximum absolute atomic E-state index is 14.4. The van der Waals surface area contributed by atoms with Crippen molar-refractivity contribution >= 4 is 23.6 Å². The maximum Gasteiger partial charge on any atom is 0.229 e. The van der Waals surface area contributed by atoms with Gasteiger partial charge in [-0.3, -0.25) is 9.89 Å².